The van der Waals surface area contributed by atoms with Crippen molar-refractivity contribution in [1.82, 2.24) is 20.4 Å². The van der Waals surface area contributed by atoms with Gasteiger partial charge in [0.1, 0.15) is 12.1 Å². The van der Waals surface area contributed by atoms with Gasteiger partial charge < -0.3 is 43.1 Å². The second-order valence-corrected chi connectivity index (χ2v) is 16.4. The van der Waals surface area contributed by atoms with Crippen LogP contribution in [0.3, 0.4) is 0 Å². The van der Waals surface area contributed by atoms with E-state index in [0.29, 0.717) is 49.9 Å². The van der Waals surface area contributed by atoms with Crippen LogP contribution in [0.5, 0.6) is 0 Å². The summed E-state index contributed by atoms with van der Waals surface area (Å²) in [6, 6.07) is 3.98. The van der Waals surface area contributed by atoms with Crippen molar-refractivity contribution < 1.29 is 51.7 Å². The molecule has 0 spiro atoms. The molecule has 2 saturated heterocycles. The van der Waals surface area contributed by atoms with Crippen molar-refractivity contribution in [2.24, 2.45) is 23.7 Å². The van der Waals surface area contributed by atoms with Crippen molar-refractivity contribution in [2.45, 2.75) is 137 Å². The fourth-order valence-electron chi connectivity index (χ4n) is 12.0. The van der Waals surface area contributed by atoms with Gasteiger partial charge in [-0.15, -0.1) is 0 Å². The Balaban J connectivity index is 0.000000174. The predicted octanol–water partition coefficient (Wildman–Crippen LogP) is -0.650. The second kappa shape index (κ2) is 13.5. The molecule has 12 heteroatoms. The van der Waals surface area contributed by atoms with Crippen LogP contribution >= 0.6 is 0 Å². The fraction of sp³-hybridized carbons (Fsp3) is 0.882. The third-order valence-electron chi connectivity index (χ3n) is 12.7. The van der Waals surface area contributed by atoms with E-state index >= 15 is 0 Å². The van der Waals surface area contributed by atoms with Crippen LogP contribution in [0.4, 0.5) is 0 Å². The summed E-state index contributed by atoms with van der Waals surface area (Å²) in [5, 5.41) is 46.8. The quantitative estimate of drug-likeness (QED) is 0.266. The summed E-state index contributed by atoms with van der Waals surface area (Å²) >= 11 is 0. The van der Waals surface area contributed by atoms with Gasteiger partial charge in [0.2, 0.25) is 11.8 Å². The Morgan fingerprint density at radius 1 is 0.674 bits per heavy atom. The van der Waals surface area contributed by atoms with E-state index in [1.807, 2.05) is 0 Å². The molecule has 2 heterocycles. The van der Waals surface area contributed by atoms with E-state index in [1.54, 1.807) is 9.80 Å². The molecule has 10 fully saturated rings. The molecule has 0 aromatic heterocycles. The maximum absolute atomic E-state index is 12.4. The van der Waals surface area contributed by atoms with Gasteiger partial charge in [-0.3, -0.25) is 9.59 Å². The van der Waals surface area contributed by atoms with Crippen molar-refractivity contribution in [1.29, 1.82) is 10.5 Å². The van der Waals surface area contributed by atoms with E-state index < -0.39 is 11.2 Å². The molecule has 0 radical (unpaired) electrons. The van der Waals surface area contributed by atoms with Crippen LogP contribution in [0.2, 0.25) is 0 Å². The number of hydrogen-bond donors (Lipinski definition) is 4. The van der Waals surface area contributed by atoms with Crippen LogP contribution < -0.4 is 23.0 Å². The molecule has 4 unspecified atom stereocenters. The fourth-order valence-corrected chi connectivity index (χ4v) is 12.0. The van der Waals surface area contributed by atoms with Crippen LogP contribution in [0, 0.1) is 46.3 Å². The molecule has 248 valence electrons. The van der Waals surface area contributed by atoms with Crippen LogP contribution in [0.15, 0.2) is 0 Å². The molecule has 6 atom stereocenters. The number of aliphatic hydroxyl groups is 2. The normalized spacial score (nSPS) is 44.0. The zero-order valence-corrected chi connectivity index (χ0v) is 30.9. The van der Waals surface area contributed by atoms with Gasteiger partial charge in [-0.2, -0.15) is 10.5 Å². The molecule has 4 N–H and O–H groups in total. The first-order valence-electron chi connectivity index (χ1n) is 17.3. The number of likely N-dealkylation sites (tertiary alicyclic amines) is 2. The third-order valence-corrected chi connectivity index (χ3v) is 12.7. The molecule has 8 bridgehead atoms. The topological polar surface area (TPSA) is 153 Å². The molecule has 0 aromatic rings. The summed E-state index contributed by atoms with van der Waals surface area (Å²) < 4.78 is 0. The van der Waals surface area contributed by atoms with Crippen LogP contribution in [0.1, 0.15) is 103 Å². The van der Waals surface area contributed by atoms with E-state index in [2.05, 4.69) is 22.8 Å². The molecular formula is C34H50ClN6O4Zn+. The summed E-state index contributed by atoms with van der Waals surface area (Å²) in [5.74, 6) is 2.57. The number of hydrogen-bond acceptors (Lipinski definition) is 8. The molecule has 2 aliphatic heterocycles. The van der Waals surface area contributed by atoms with Gasteiger partial charge in [0.15, 0.2) is 0 Å². The van der Waals surface area contributed by atoms with Gasteiger partial charge >= 0.3 is 19.5 Å². The zero-order chi connectivity index (χ0) is 30.7. The second-order valence-electron chi connectivity index (χ2n) is 16.4. The first-order chi connectivity index (χ1) is 21.0. The SMILES string of the molecule is N#C[C@@H]1CCCN1C(=O)CNC12CC3CC(CC(O)(C3)C1)C2.N#C[C@@H]1CCCN1C(=O)CNC12CC3CC(CC(O)(C3)C1)C2.[Cl-].[Zn+2]. The third kappa shape index (κ3) is 7.03. The van der Waals surface area contributed by atoms with Crippen molar-refractivity contribution in [2.75, 3.05) is 26.2 Å². The molecule has 8 aliphatic carbocycles. The number of nitriles is 2. The number of amides is 2. The Morgan fingerprint density at radius 2 is 1.02 bits per heavy atom. The Bertz CT molecular complexity index is 1130. The van der Waals surface area contributed by atoms with E-state index in [9.17, 15) is 19.8 Å². The van der Waals surface area contributed by atoms with Crippen molar-refractivity contribution in [3.63, 3.8) is 0 Å². The maximum Gasteiger partial charge on any atom is 2.00 e. The summed E-state index contributed by atoms with van der Waals surface area (Å²) in [7, 11) is 0. The molecule has 10 rings (SSSR count). The van der Waals surface area contributed by atoms with Crippen molar-refractivity contribution in [3.05, 3.63) is 0 Å². The van der Waals surface area contributed by atoms with Gasteiger partial charge in [0.25, 0.3) is 0 Å². The van der Waals surface area contributed by atoms with Gasteiger partial charge in [-0.05, 0) is 126 Å². The predicted molar refractivity (Wildman–Crippen MR) is 161 cm³/mol. The van der Waals surface area contributed by atoms with Crippen molar-refractivity contribution >= 4 is 11.8 Å². The molecule has 10 aliphatic rings. The van der Waals surface area contributed by atoms with Gasteiger partial charge in [-0.1, -0.05) is 0 Å². The average Bonchev–Trinajstić information content (AvgIpc) is 3.62. The Morgan fingerprint density at radius 3 is 1.33 bits per heavy atom. The summed E-state index contributed by atoms with van der Waals surface area (Å²) in [6.07, 6.45) is 15.7. The largest absolute Gasteiger partial charge is 2.00 e. The Hall–Kier alpha value is -1.33. The number of carbonyl (C=O) groups is 2. The maximum atomic E-state index is 12.4. The smallest absolute Gasteiger partial charge is 1.00 e. The summed E-state index contributed by atoms with van der Waals surface area (Å²) in [6.45, 7) is 2.04. The zero-order valence-electron chi connectivity index (χ0n) is 27.2. The Labute approximate surface area is 292 Å². The number of carbonyl (C=O) groups excluding carboxylic acids is 2. The van der Waals surface area contributed by atoms with Crippen LogP contribution in [-0.4, -0.2) is 92.4 Å². The average molecular weight is 708 g/mol. The van der Waals surface area contributed by atoms with E-state index in [0.717, 1.165) is 89.9 Å². The first-order valence-corrected chi connectivity index (χ1v) is 17.3. The molecule has 0 aromatic carbocycles. The summed E-state index contributed by atoms with van der Waals surface area (Å²) in [5.41, 5.74) is -1.08. The molecule has 10 nitrogen and oxygen atoms in total. The minimum Gasteiger partial charge on any atom is -1.00 e. The molecule has 46 heavy (non-hydrogen) atoms. The van der Waals surface area contributed by atoms with Gasteiger partial charge in [0.05, 0.1) is 36.4 Å². The molecular weight excluding hydrogens is 657 g/mol. The van der Waals surface area contributed by atoms with E-state index in [1.165, 1.54) is 12.8 Å². The van der Waals surface area contributed by atoms with E-state index in [4.69, 9.17) is 10.5 Å². The first kappa shape index (κ1) is 36.0. The minimum atomic E-state index is -0.497. The molecule has 2 amide bonds. The van der Waals surface area contributed by atoms with Gasteiger partial charge in [0, 0.05) is 24.2 Å². The van der Waals surface area contributed by atoms with E-state index in [-0.39, 0.29) is 66.9 Å². The minimum absolute atomic E-state index is 0. The van der Waals surface area contributed by atoms with Crippen LogP contribution in [-0.2, 0) is 29.1 Å². The Kier molecular flexibility index (Phi) is 10.6. The standard InChI is InChI=1S/2C17H25N3O2.ClH.Zn/c2*18-9-14-2-1-3-20(14)15(21)10-19-16-5-12-4-13(6-16)8-17(22,7-12)11-16;;/h2*12-14,19,22H,1-8,10-11H2;1H;/q;;;+2/p-1/t2*12?,13?,14-,16?,17?;;/m00../s1. The van der Waals surface area contributed by atoms with Crippen LogP contribution in [0.25, 0.3) is 0 Å². The monoisotopic (exact) mass is 705 g/mol. The molecule has 8 saturated carbocycles. The van der Waals surface area contributed by atoms with Gasteiger partial charge in [-0.25, -0.2) is 0 Å². The van der Waals surface area contributed by atoms with Crippen molar-refractivity contribution in [3.8, 4) is 12.1 Å². The number of nitrogens with one attached hydrogen (secondary N) is 2. The number of nitrogens with zero attached hydrogens (tertiary/aromatic N) is 4. The number of rotatable bonds is 6. The number of halogens is 1. The summed E-state index contributed by atoms with van der Waals surface area (Å²) in [4.78, 5) is 28.3.